The number of hydrogen-bond donors (Lipinski definition) is 1. The highest BCUT2D eigenvalue weighted by Crippen LogP contribution is 2.25. The van der Waals surface area contributed by atoms with Gasteiger partial charge in [0, 0.05) is 25.4 Å². The Morgan fingerprint density at radius 2 is 1.94 bits per heavy atom. The first-order chi connectivity index (χ1) is 15.4. The van der Waals surface area contributed by atoms with E-state index >= 15 is 0 Å². The third kappa shape index (κ3) is 4.94. The van der Waals surface area contributed by atoms with Crippen molar-refractivity contribution in [3.05, 3.63) is 82.3 Å². The second kappa shape index (κ2) is 9.18. The van der Waals surface area contributed by atoms with E-state index in [1.807, 2.05) is 0 Å². The fourth-order valence-corrected chi connectivity index (χ4v) is 3.32. The van der Waals surface area contributed by atoms with E-state index in [1.54, 1.807) is 23.1 Å². The summed E-state index contributed by atoms with van der Waals surface area (Å²) < 4.78 is 42.8. The van der Waals surface area contributed by atoms with Crippen molar-refractivity contribution in [1.82, 2.24) is 19.7 Å². The molecule has 3 heterocycles. The number of aromatic nitrogens is 4. The van der Waals surface area contributed by atoms with E-state index in [1.165, 1.54) is 36.7 Å². The van der Waals surface area contributed by atoms with Crippen LogP contribution in [0, 0.1) is 5.82 Å². The zero-order valence-corrected chi connectivity index (χ0v) is 16.6. The molecule has 8 nitrogen and oxygen atoms in total. The van der Waals surface area contributed by atoms with E-state index in [4.69, 9.17) is 0 Å². The van der Waals surface area contributed by atoms with E-state index < -0.39 is 18.4 Å². The molecule has 0 spiro atoms. The number of nitrogens with zero attached hydrogens (tertiary/aromatic N) is 5. The van der Waals surface area contributed by atoms with Gasteiger partial charge in [-0.15, -0.1) is 0 Å². The molecule has 0 fully saturated rings. The van der Waals surface area contributed by atoms with Gasteiger partial charge in [-0.2, -0.15) is 18.9 Å². The molecule has 0 saturated carbocycles. The lowest BCUT2D eigenvalue weighted by Crippen LogP contribution is -2.39. The third-order valence-corrected chi connectivity index (χ3v) is 4.87. The number of halogens is 3. The highest BCUT2D eigenvalue weighted by atomic mass is 19.3. The summed E-state index contributed by atoms with van der Waals surface area (Å²) in [5, 5.41) is 14.6. The van der Waals surface area contributed by atoms with Crippen LogP contribution in [0.3, 0.4) is 0 Å². The number of β-amino-alcohol motifs (C(OH)–C–C–N with tert-alkyl or cyclic N) is 1. The van der Waals surface area contributed by atoms with Crippen LogP contribution < -0.4 is 15.3 Å². The minimum absolute atomic E-state index is 0.0469. The number of pyridine rings is 1. The van der Waals surface area contributed by atoms with Gasteiger partial charge in [0.25, 0.3) is 0 Å². The molecule has 3 aromatic rings. The predicted octanol–water partition coefficient (Wildman–Crippen LogP) is 2.09. The Hall–Kier alpha value is -3.73. The van der Waals surface area contributed by atoms with Crippen LogP contribution in [0.5, 0.6) is 5.88 Å². The molecule has 0 bridgehead atoms. The molecular weight excluding hydrogens is 427 g/mol. The quantitative estimate of drug-likeness (QED) is 0.621. The maximum Gasteiger partial charge on any atom is 0.388 e. The van der Waals surface area contributed by atoms with E-state index in [2.05, 4.69) is 19.8 Å². The van der Waals surface area contributed by atoms with Crippen LogP contribution in [0.1, 0.15) is 11.1 Å². The number of hydrogen-bond acceptors (Lipinski definition) is 7. The van der Waals surface area contributed by atoms with Gasteiger partial charge in [-0.3, -0.25) is 0 Å². The molecule has 166 valence electrons. The van der Waals surface area contributed by atoms with Gasteiger partial charge in [0.1, 0.15) is 5.82 Å². The first kappa shape index (κ1) is 21.5. The van der Waals surface area contributed by atoms with E-state index in [-0.39, 0.29) is 24.8 Å². The average molecular weight is 445 g/mol. The Morgan fingerprint density at radius 1 is 1.16 bits per heavy atom. The molecule has 1 atom stereocenters. The van der Waals surface area contributed by atoms with Crippen molar-refractivity contribution in [2.24, 2.45) is 0 Å². The van der Waals surface area contributed by atoms with Crippen LogP contribution in [-0.4, -0.2) is 50.7 Å². The Kier molecular flexibility index (Phi) is 6.17. The lowest BCUT2D eigenvalue weighted by Gasteiger charge is -2.31. The van der Waals surface area contributed by atoms with Gasteiger partial charge in [-0.25, -0.2) is 18.9 Å². The van der Waals surface area contributed by atoms with Crippen LogP contribution in [0.2, 0.25) is 0 Å². The Balaban J connectivity index is 1.45. The van der Waals surface area contributed by atoms with E-state index in [0.717, 1.165) is 10.2 Å². The van der Waals surface area contributed by atoms with Gasteiger partial charge < -0.3 is 14.7 Å². The zero-order valence-electron chi connectivity index (χ0n) is 16.6. The second-order valence-electron chi connectivity index (χ2n) is 7.03. The summed E-state index contributed by atoms with van der Waals surface area (Å²) in [6, 6.07) is 8.62. The van der Waals surface area contributed by atoms with Crippen molar-refractivity contribution in [2.75, 3.05) is 18.0 Å². The largest absolute Gasteiger partial charge is 0.417 e. The molecule has 1 N–H and O–H groups in total. The Labute approximate surface area is 180 Å². The van der Waals surface area contributed by atoms with Crippen LogP contribution in [0.25, 0.3) is 5.57 Å². The number of anilines is 1. The van der Waals surface area contributed by atoms with Crippen LogP contribution in [-0.2, 0) is 6.54 Å². The third-order valence-electron chi connectivity index (χ3n) is 4.87. The van der Waals surface area contributed by atoms with E-state index in [0.29, 0.717) is 23.5 Å². The molecule has 32 heavy (non-hydrogen) atoms. The lowest BCUT2D eigenvalue weighted by atomic mass is 9.97. The molecule has 4 rings (SSSR count). The van der Waals surface area contributed by atoms with Crippen molar-refractivity contribution in [3.8, 4) is 5.88 Å². The number of ether oxygens (including phenoxy) is 1. The summed E-state index contributed by atoms with van der Waals surface area (Å²) >= 11 is 0. The monoisotopic (exact) mass is 445 g/mol. The van der Waals surface area contributed by atoms with Crippen molar-refractivity contribution in [1.29, 1.82) is 0 Å². The predicted molar refractivity (Wildman–Crippen MR) is 109 cm³/mol. The van der Waals surface area contributed by atoms with Gasteiger partial charge >= 0.3 is 12.3 Å². The van der Waals surface area contributed by atoms with Crippen molar-refractivity contribution in [3.63, 3.8) is 0 Å². The summed E-state index contributed by atoms with van der Waals surface area (Å²) in [4.78, 5) is 21.9. The second-order valence-corrected chi connectivity index (χ2v) is 7.03. The normalized spacial score (nSPS) is 16.2. The number of rotatable bonds is 6. The standard InChI is InChI=1S/C21H18F3N5O3/c22-15-4-2-14(3-5-15)16-7-8-28(12-17(16)30)18-10-26-29(21(31)27-18)11-13-1-6-19(25-9-13)32-20(23)24/h1-7,9-10,17,20,30H,8,11-12H2. The summed E-state index contributed by atoms with van der Waals surface area (Å²) in [5.74, 6) is -0.280. The molecule has 0 aliphatic carbocycles. The van der Waals surface area contributed by atoms with Gasteiger partial charge in [0.15, 0.2) is 5.82 Å². The molecule has 1 unspecified atom stereocenters. The highest BCUT2D eigenvalue weighted by Gasteiger charge is 2.23. The Bertz CT molecular complexity index is 1170. The first-order valence-corrected chi connectivity index (χ1v) is 9.62. The van der Waals surface area contributed by atoms with Crippen LogP contribution >= 0.6 is 0 Å². The fraction of sp³-hybridized carbons (Fsp3) is 0.238. The SMILES string of the molecule is O=c1nc(N2CC=C(c3ccc(F)cc3)C(O)C2)cnn1Cc1ccc(OC(F)F)nc1. The fourth-order valence-electron chi connectivity index (χ4n) is 3.32. The molecule has 1 aliphatic heterocycles. The minimum Gasteiger partial charge on any atom is -0.417 e. The molecule has 1 aromatic carbocycles. The van der Waals surface area contributed by atoms with Crippen molar-refractivity contribution >= 4 is 11.4 Å². The highest BCUT2D eigenvalue weighted by molar-refractivity contribution is 5.71. The maximum absolute atomic E-state index is 13.1. The number of aliphatic hydroxyl groups excluding tert-OH is 1. The van der Waals surface area contributed by atoms with E-state index in [9.17, 15) is 23.1 Å². The van der Waals surface area contributed by atoms with Crippen molar-refractivity contribution in [2.45, 2.75) is 19.3 Å². The average Bonchev–Trinajstić information content (AvgIpc) is 2.77. The molecule has 0 saturated heterocycles. The molecule has 1 aliphatic rings. The first-order valence-electron chi connectivity index (χ1n) is 9.62. The summed E-state index contributed by atoms with van der Waals surface area (Å²) in [5.41, 5.74) is 1.34. The van der Waals surface area contributed by atoms with Crippen LogP contribution in [0.4, 0.5) is 19.0 Å². The molecular formula is C21H18F3N5O3. The van der Waals surface area contributed by atoms with Gasteiger partial charge in [-0.1, -0.05) is 24.3 Å². The summed E-state index contributed by atoms with van der Waals surface area (Å²) in [7, 11) is 0. The molecule has 11 heteroatoms. The van der Waals surface area contributed by atoms with Crippen LogP contribution in [0.15, 0.2) is 59.7 Å². The minimum atomic E-state index is -2.97. The Morgan fingerprint density at radius 3 is 2.56 bits per heavy atom. The molecule has 0 radical (unpaired) electrons. The molecule has 0 amide bonds. The van der Waals surface area contributed by atoms with Gasteiger partial charge in [0.05, 0.1) is 18.8 Å². The summed E-state index contributed by atoms with van der Waals surface area (Å²) in [6.45, 7) is -2.34. The maximum atomic E-state index is 13.1. The molecule has 2 aromatic heterocycles. The number of alkyl halides is 2. The zero-order chi connectivity index (χ0) is 22.7. The van der Waals surface area contributed by atoms with Gasteiger partial charge in [-0.05, 0) is 28.8 Å². The topological polar surface area (TPSA) is 93.4 Å². The van der Waals surface area contributed by atoms with Crippen molar-refractivity contribution < 1.29 is 23.0 Å². The lowest BCUT2D eigenvalue weighted by molar-refractivity contribution is -0.0528. The summed E-state index contributed by atoms with van der Waals surface area (Å²) in [6.07, 6.45) is 3.66. The smallest absolute Gasteiger partial charge is 0.388 e. The van der Waals surface area contributed by atoms with Gasteiger partial charge in [0.2, 0.25) is 5.88 Å². The number of aliphatic hydroxyl groups is 1. The number of benzene rings is 1.